The van der Waals surface area contributed by atoms with E-state index in [0.717, 1.165) is 14.5 Å². The fourth-order valence-electron chi connectivity index (χ4n) is 1.66. The molecule has 0 atom stereocenters. The van der Waals surface area contributed by atoms with Crippen LogP contribution in [0.3, 0.4) is 0 Å². The standard InChI is InChI=1S/C14H12Br2N2O/c1-8-2-3-9(15)6-11(8)14(19)18-10-4-5-12(16)13(17)7-10/h2-7H,17H2,1H3,(H,18,19). The number of amides is 1. The highest BCUT2D eigenvalue weighted by molar-refractivity contribution is 9.10. The average molecular weight is 384 g/mol. The summed E-state index contributed by atoms with van der Waals surface area (Å²) in [5.74, 6) is -0.152. The average Bonchev–Trinajstić information content (AvgIpc) is 2.36. The maximum absolute atomic E-state index is 12.2. The summed E-state index contributed by atoms with van der Waals surface area (Å²) in [6.45, 7) is 1.90. The highest BCUT2D eigenvalue weighted by Crippen LogP contribution is 2.24. The van der Waals surface area contributed by atoms with Gasteiger partial charge in [0.25, 0.3) is 5.91 Å². The molecule has 0 saturated carbocycles. The molecule has 0 spiro atoms. The monoisotopic (exact) mass is 382 g/mol. The van der Waals surface area contributed by atoms with Crippen molar-refractivity contribution < 1.29 is 4.79 Å². The molecule has 0 aromatic heterocycles. The summed E-state index contributed by atoms with van der Waals surface area (Å²) < 4.78 is 1.68. The summed E-state index contributed by atoms with van der Waals surface area (Å²) in [7, 11) is 0. The van der Waals surface area contributed by atoms with Crippen LogP contribution in [0.2, 0.25) is 0 Å². The Morgan fingerprint density at radius 2 is 1.89 bits per heavy atom. The number of carbonyl (C=O) groups is 1. The molecule has 0 radical (unpaired) electrons. The number of halogens is 2. The summed E-state index contributed by atoms with van der Waals surface area (Å²) >= 11 is 6.68. The second-order valence-corrected chi connectivity index (χ2v) is 5.92. The minimum Gasteiger partial charge on any atom is -0.398 e. The van der Waals surface area contributed by atoms with E-state index in [1.165, 1.54) is 0 Å². The number of benzene rings is 2. The molecule has 0 aliphatic heterocycles. The SMILES string of the molecule is Cc1ccc(Br)cc1C(=O)Nc1ccc(Br)c(N)c1. The van der Waals surface area contributed by atoms with Crippen molar-refractivity contribution in [2.75, 3.05) is 11.1 Å². The van der Waals surface area contributed by atoms with Gasteiger partial charge in [0, 0.05) is 25.9 Å². The van der Waals surface area contributed by atoms with E-state index in [0.29, 0.717) is 16.9 Å². The fraction of sp³-hybridized carbons (Fsp3) is 0.0714. The Balaban J connectivity index is 2.25. The van der Waals surface area contributed by atoms with E-state index in [2.05, 4.69) is 37.2 Å². The number of anilines is 2. The van der Waals surface area contributed by atoms with Gasteiger partial charge in [0.05, 0.1) is 0 Å². The molecule has 0 aliphatic rings. The second kappa shape index (κ2) is 5.75. The smallest absolute Gasteiger partial charge is 0.255 e. The molecule has 3 N–H and O–H groups in total. The first kappa shape index (κ1) is 14.1. The molecular weight excluding hydrogens is 372 g/mol. The van der Waals surface area contributed by atoms with Gasteiger partial charge >= 0.3 is 0 Å². The van der Waals surface area contributed by atoms with Crippen LogP contribution in [0.15, 0.2) is 45.3 Å². The molecule has 0 unspecified atom stereocenters. The highest BCUT2D eigenvalue weighted by Gasteiger charge is 2.10. The van der Waals surface area contributed by atoms with E-state index in [4.69, 9.17) is 5.73 Å². The molecule has 0 heterocycles. The zero-order valence-corrected chi connectivity index (χ0v) is 13.4. The lowest BCUT2D eigenvalue weighted by molar-refractivity contribution is 0.102. The third-order valence-electron chi connectivity index (χ3n) is 2.70. The first-order valence-electron chi connectivity index (χ1n) is 5.60. The van der Waals surface area contributed by atoms with Crippen molar-refractivity contribution in [1.29, 1.82) is 0 Å². The fourth-order valence-corrected chi connectivity index (χ4v) is 2.27. The van der Waals surface area contributed by atoms with E-state index in [1.807, 2.05) is 19.1 Å². The normalized spacial score (nSPS) is 10.3. The van der Waals surface area contributed by atoms with Gasteiger partial charge in [-0.1, -0.05) is 22.0 Å². The van der Waals surface area contributed by atoms with Gasteiger partial charge in [-0.15, -0.1) is 0 Å². The molecule has 98 valence electrons. The Morgan fingerprint density at radius 3 is 2.58 bits per heavy atom. The van der Waals surface area contributed by atoms with Crippen LogP contribution < -0.4 is 11.1 Å². The molecule has 1 amide bonds. The molecule has 2 aromatic rings. The van der Waals surface area contributed by atoms with Crippen molar-refractivity contribution >= 4 is 49.1 Å². The number of nitrogen functional groups attached to an aromatic ring is 1. The molecule has 19 heavy (non-hydrogen) atoms. The Hall–Kier alpha value is -1.33. The Kier molecular flexibility index (Phi) is 4.27. The van der Waals surface area contributed by atoms with Crippen molar-refractivity contribution in [2.24, 2.45) is 0 Å². The number of rotatable bonds is 2. The lowest BCUT2D eigenvalue weighted by Gasteiger charge is -2.09. The van der Waals surface area contributed by atoms with Crippen LogP contribution in [-0.4, -0.2) is 5.91 Å². The third-order valence-corrected chi connectivity index (χ3v) is 3.91. The van der Waals surface area contributed by atoms with Gasteiger partial charge in [-0.25, -0.2) is 0 Å². The van der Waals surface area contributed by atoms with Crippen LogP contribution in [0.1, 0.15) is 15.9 Å². The van der Waals surface area contributed by atoms with Crippen molar-refractivity contribution in [3.05, 3.63) is 56.5 Å². The number of aryl methyl sites for hydroxylation is 1. The first-order valence-corrected chi connectivity index (χ1v) is 7.18. The second-order valence-electron chi connectivity index (χ2n) is 4.15. The van der Waals surface area contributed by atoms with Crippen LogP contribution in [0.25, 0.3) is 0 Å². The van der Waals surface area contributed by atoms with E-state index in [9.17, 15) is 4.79 Å². The predicted octanol–water partition coefficient (Wildman–Crippen LogP) is 4.35. The lowest BCUT2D eigenvalue weighted by atomic mass is 10.1. The number of carbonyl (C=O) groups excluding carboxylic acids is 1. The Bertz CT molecular complexity index is 641. The zero-order valence-electron chi connectivity index (χ0n) is 10.2. The van der Waals surface area contributed by atoms with Crippen molar-refractivity contribution in [3.63, 3.8) is 0 Å². The number of nitrogens with one attached hydrogen (secondary N) is 1. The predicted molar refractivity (Wildman–Crippen MR) is 85.4 cm³/mol. The van der Waals surface area contributed by atoms with Crippen molar-refractivity contribution in [3.8, 4) is 0 Å². The van der Waals surface area contributed by atoms with Crippen LogP contribution in [0.5, 0.6) is 0 Å². The first-order chi connectivity index (χ1) is 8.97. The van der Waals surface area contributed by atoms with Gasteiger partial charge in [0.2, 0.25) is 0 Å². The lowest BCUT2D eigenvalue weighted by Crippen LogP contribution is -2.13. The molecular formula is C14H12Br2N2O. The minimum atomic E-state index is -0.152. The van der Waals surface area contributed by atoms with Gasteiger partial charge in [0.15, 0.2) is 0 Å². The zero-order chi connectivity index (χ0) is 14.0. The largest absolute Gasteiger partial charge is 0.398 e. The van der Waals surface area contributed by atoms with Gasteiger partial charge in [-0.05, 0) is 58.7 Å². The summed E-state index contributed by atoms with van der Waals surface area (Å²) in [6, 6.07) is 10.9. The van der Waals surface area contributed by atoms with Crippen LogP contribution in [0.4, 0.5) is 11.4 Å². The molecule has 0 aliphatic carbocycles. The number of nitrogens with two attached hydrogens (primary N) is 1. The molecule has 0 bridgehead atoms. The third kappa shape index (κ3) is 3.36. The van der Waals surface area contributed by atoms with E-state index in [-0.39, 0.29) is 5.91 Å². The number of hydrogen-bond acceptors (Lipinski definition) is 2. The molecule has 2 rings (SSSR count). The van der Waals surface area contributed by atoms with Crippen LogP contribution in [-0.2, 0) is 0 Å². The number of hydrogen-bond donors (Lipinski definition) is 2. The Morgan fingerprint density at radius 1 is 1.16 bits per heavy atom. The van der Waals surface area contributed by atoms with E-state index in [1.54, 1.807) is 24.3 Å². The summed E-state index contributed by atoms with van der Waals surface area (Å²) in [5.41, 5.74) is 8.60. The summed E-state index contributed by atoms with van der Waals surface area (Å²) in [4.78, 5) is 12.2. The topological polar surface area (TPSA) is 55.1 Å². The molecule has 0 saturated heterocycles. The molecule has 2 aromatic carbocycles. The molecule has 0 fully saturated rings. The van der Waals surface area contributed by atoms with Gasteiger partial charge < -0.3 is 11.1 Å². The summed E-state index contributed by atoms with van der Waals surface area (Å²) in [5, 5.41) is 2.83. The summed E-state index contributed by atoms with van der Waals surface area (Å²) in [6.07, 6.45) is 0. The Labute approximate surface area is 128 Å². The van der Waals surface area contributed by atoms with E-state index >= 15 is 0 Å². The quantitative estimate of drug-likeness (QED) is 0.757. The van der Waals surface area contributed by atoms with Crippen molar-refractivity contribution in [1.82, 2.24) is 0 Å². The minimum absolute atomic E-state index is 0.152. The van der Waals surface area contributed by atoms with E-state index < -0.39 is 0 Å². The maximum Gasteiger partial charge on any atom is 0.255 e. The van der Waals surface area contributed by atoms with Gasteiger partial charge in [-0.2, -0.15) is 0 Å². The molecule has 3 nitrogen and oxygen atoms in total. The van der Waals surface area contributed by atoms with Gasteiger partial charge in [0.1, 0.15) is 0 Å². The molecule has 5 heteroatoms. The maximum atomic E-state index is 12.2. The van der Waals surface area contributed by atoms with Gasteiger partial charge in [-0.3, -0.25) is 4.79 Å². The van der Waals surface area contributed by atoms with Crippen LogP contribution >= 0.6 is 31.9 Å². The van der Waals surface area contributed by atoms with Crippen LogP contribution in [0, 0.1) is 6.92 Å². The van der Waals surface area contributed by atoms with Crippen molar-refractivity contribution in [2.45, 2.75) is 6.92 Å². The highest BCUT2D eigenvalue weighted by atomic mass is 79.9.